The fraction of sp³-hybridized carbons (Fsp3) is 0.316. The van der Waals surface area contributed by atoms with Crippen LogP contribution in [0.1, 0.15) is 43.6 Å². The Morgan fingerprint density at radius 3 is 2.39 bits per heavy atom. The molecule has 4 nitrogen and oxygen atoms in total. The van der Waals surface area contributed by atoms with E-state index in [0.717, 1.165) is 16.9 Å². The molecule has 0 aliphatic heterocycles. The predicted molar refractivity (Wildman–Crippen MR) is 90.1 cm³/mol. The van der Waals surface area contributed by atoms with Crippen molar-refractivity contribution in [3.63, 3.8) is 0 Å². The van der Waals surface area contributed by atoms with E-state index in [2.05, 4.69) is 20.8 Å². The Balaban J connectivity index is 2.25. The number of carbonyl (C=O) groups is 1. The van der Waals surface area contributed by atoms with E-state index in [1.165, 1.54) is 0 Å². The fourth-order valence-corrected chi connectivity index (χ4v) is 2.45. The summed E-state index contributed by atoms with van der Waals surface area (Å²) in [5, 5.41) is 9.93. The van der Waals surface area contributed by atoms with Crippen LogP contribution in [0.5, 0.6) is 5.75 Å². The Morgan fingerprint density at radius 2 is 1.74 bits per heavy atom. The summed E-state index contributed by atoms with van der Waals surface area (Å²) in [5.74, 6) is 0.0240. The number of aliphatic hydroxyl groups excluding tert-OH is 1. The van der Waals surface area contributed by atoms with Gasteiger partial charge in [0.25, 0.3) is 5.91 Å². The molecule has 0 heterocycles. The third kappa shape index (κ3) is 4.11. The van der Waals surface area contributed by atoms with Gasteiger partial charge in [-0.2, -0.15) is 0 Å². The maximum Gasteiger partial charge on any atom is 0.250 e. The molecule has 4 heteroatoms. The van der Waals surface area contributed by atoms with Crippen LogP contribution < -0.4 is 10.5 Å². The van der Waals surface area contributed by atoms with Crippen LogP contribution in [0, 0.1) is 0 Å². The molecule has 2 rings (SSSR count). The van der Waals surface area contributed by atoms with E-state index in [4.69, 9.17) is 10.5 Å². The molecule has 0 spiro atoms. The highest BCUT2D eigenvalue weighted by molar-refractivity contribution is 5.80. The molecule has 3 N–H and O–H groups in total. The zero-order valence-electron chi connectivity index (χ0n) is 13.7. The Kier molecular flexibility index (Phi) is 5.06. The van der Waals surface area contributed by atoms with E-state index >= 15 is 0 Å². The number of primary amides is 1. The predicted octanol–water partition coefficient (Wildman–Crippen LogP) is 3.08. The van der Waals surface area contributed by atoms with E-state index in [9.17, 15) is 9.90 Å². The van der Waals surface area contributed by atoms with Crippen molar-refractivity contribution in [2.24, 2.45) is 5.73 Å². The highest BCUT2D eigenvalue weighted by Gasteiger charge is 2.20. The van der Waals surface area contributed by atoms with E-state index in [0.29, 0.717) is 5.56 Å². The Bertz CT molecular complexity index is 689. The van der Waals surface area contributed by atoms with Crippen molar-refractivity contribution in [2.45, 2.75) is 38.9 Å². The van der Waals surface area contributed by atoms with Gasteiger partial charge in [-0.05, 0) is 28.2 Å². The molecule has 1 unspecified atom stereocenters. The molecule has 0 aromatic heterocycles. The molecule has 0 saturated heterocycles. The Morgan fingerprint density at radius 1 is 1.13 bits per heavy atom. The summed E-state index contributed by atoms with van der Waals surface area (Å²) in [5.41, 5.74) is 7.48. The molecule has 1 atom stereocenters. The SMILES string of the molecule is CC(C)(C)c1ccccc1OCc1ccccc1C(O)C(N)=O. The molecule has 0 fully saturated rings. The summed E-state index contributed by atoms with van der Waals surface area (Å²) in [6, 6.07) is 15.0. The van der Waals surface area contributed by atoms with Crippen molar-refractivity contribution in [3.8, 4) is 5.75 Å². The Labute approximate surface area is 136 Å². The van der Waals surface area contributed by atoms with Crippen molar-refractivity contribution in [1.82, 2.24) is 0 Å². The first-order valence-corrected chi connectivity index (χ1v) is 7.58. The van der Waals surface area contributed by atoms with Crippen LogP contribution in [-0.2, 0) is 16.8 Å². The van der Waals surface area contributed by atoms with Crippen LogP contribution in [0.15, 0.2) is 48.5 Å². The zero-order valence-corrected chi connectivity index (χ0v) is 13.7. The summed E-state index contributed by atoms with van der Waals surface area (Å²) in [4.78, 5) is 11.2. The number of nitrogens with two attached hydrogens (primary N) is 1. The first-order chi connectivity index (χ1) is 10.8. The molecule has 0 saturated carbocycles. The number of hydrogen-bond donors (Lipinski definition) is 2. The monoisotopic (exact) mass is 313 g/mol. The number of ether oxygens (including phenoxy) is 1. The molecule has 0 aliphatic carbocycles. The van der Waals surface area contributed by atoms with E-state index in [-0.39, 0.29) is 12.0 Å². The molecule has 23 heavy (non-hydrogen) atoms. The lowest BCUT2D eigenvalue weighted by Gasteiger charge is -2.23. The van der Waals surface area contributed by atoms with Crippen molar-refractivity contribution in [3.05, 3.63) is 65.2 Å². The number of rotatable bonds is 5. The molecule has 0 radical (unpaired) electrons. The summed E-state index contributed by atoms with van der Waals surface area (Å²) in [7, 11) is 0. The van der Waals surface area contributed by atoms with Crippen LogP contribution in [0.25, 0.3) is 0 Å². The lowest BCUT2D eigenvalue weighted by atomic mass is 9.86. The maximum atomic E-state index is 11.2. The van der Waals surface area contributed by atoms with Gasteiger partial charge < -0.3 is 15.6 Å². The highest BCUT2D eigenvalue weighted by Crippen LogP contribution is 2.31. The molecule has 0 bridgehead atoms. The summed E-state index contributed by atoms with van der Waals surface area (Å²) >= 11 is 0. The number of amides is 1. The first kappa shape index (κ1) is 17.0. The third-order valence-electron chi connectivity index (χ3n) is 3.70. The van der Waals surface area contributed by atoms with Gasteiger partial charge in [0, 0.05) is 0 Å². The number of aliphatic hydroxyl groups is 1. The van der Waals surface area contributed by atoms with Crippen LogP contribution >= 0.6 is 0 Å². The smallest absolute Gasteiger partial charge is 0.250 e. The molecular formula is C19H23NO3. The molecule has 2 aromatic rings. The second kappa shape index (κ2) is 6.84. The van der Waals surface area contributed by atoms with Gasteiger partial charge in [0.05, 0.1) is 0 Å². The van der Waals surface area contributed by atoms with Gasteiger partial charge in [0.2, 0.25) is 0 Å². The van der Waals surface area contributed by atoms with Crippen LogP contribution in [-0.4, -0.2) is 11.0 Å². The largest absolute Gasteiger partial charge is 0.489 e. The number of para-hydroxylation sites is 1. The molecule has 1 amide bonds. The van der Waals surface area contributed by atoms with Crippen molar-refractivity contribution in [2.75, 3.05) is 0 Å². The number of benzene rings is 2. The normalized spacial score (nSPS) is 12.7. The lowest BCUT2D eigenvalue weighted by Crippen LogP contribution is -2.22. The van der Waals surface area contributed by atoms with Gasteiger partial charge in [-0.3, -0.25) is 4.79 Å². The average Bonchev–Trinajstić information content (AvgIpc) is 2.51. The first-order valence-electron chi connectivity index (χ1n) is 7.58. The fourth-order valence-electron chi connectivity index (χ4n) is 2.45. The second-order valence-corrected chi connectivity index (χ2v) is 6.54. The van der Waals surface area contributed by atoms with E-state index < -0.39 is 12.0 Å². The number of carbonyl (C=O) groups excluding carboxylic acids is 1. The van der Waals surface area contributed by atoms with Crippen LogP contribution in [0.4, 0.5) is 0 Å². The maximum absolute atomic E-state index is 11.2. The van der Waals surface area contributed by atoms with Gasteiger partial charge in [-0.15, -0.1) is 0 Å². The van der Waals surface area contributed by atoms with Crippen LogP contribution in [0.3, 0.4) is 0 Å². The number of hydrogen-bond acceptors (Lipinski definition) is 3. The topological polar surface area (TPSA) is 72.6 Å². The summed E-state index contributed by atoms with van der Waals surface area (Å²) in [6.45, 7) is 6.63. The second-order valence-electron chi connectivity index (χ2n) is 6.54. The third-order valence-corrected chi connectivity index (χ3v) is 3.70. The standard InChI is InChI=1S/C19H23NO3/c1-19(2,3)15-10-6-7-11-16(15)23-12-13-8-4-5-9-14(13)17(21)18(20)22/h4-11,17,21H,12H2,1-3H3,(H2,20,22). The van der Waals surface area contributed by atoms with Gasteiger partial charge in [0.1, 0.15) is 12.4 Å². The zero-order chi connectivity index (χ0) is 17.0. The van der Waals surface area contributed by atoms with Gasteiger partial charge >= 0.3 is 0 Å². The highest BCUT2D eigenvalue weighted by atomic mass is 16.5. The summed E-state index contributed by atoms with van der Waals surface area (Å²) in [6.07, 6.45) is -1.33. The van der Waals surface area contributed by atoms with Gasteiger partial charge in [-0.1, -0.05) is 63.2 Å². The quantitative estimate of drug-likeness (QED) is 0.891. The molecular weight excluding hydrogens is 290 g/mol. The van der Waals surface area contributed by atoms with Crippen molar-refractivity contribution < 1.29 is 14.6 Å². The average molecular weight is 313 g/mol. The van der Waals surface area contributed by atoms with Crippen molar-refractivity contribution >= 4 is 5.91 Å². The van der Waals surface area contributed by atoms with Gasteiger partial charge in [0.15, 0.2) is 6.10 Å². The molecule has 2 aromatic carbocycles. The van der Waals surface area contributed by atoms with Crippen LogP contribution in [0.2, 0.25) is 0 Å². The van der Waals surface area contributed by atoms with E-state index in [1.807, 2.05) is 36.4 Å². The minimum atomic E-state index is -1.33. The lowest BCUT2D eigenvalue weighted by molar-refractivity contribution is -0.126. The van der Waals surface area contributed by atoms with E-state index in [1.54, 1.807) is 12.1 Å². The minimum absolute atomic E-state index is 0.0388. The van der Waals surface area contributed by atoms with Crippen molar-refractivity contribution in [1.29, 1.82) is 0 Å². The molecule has 0 aliphatic rings. The molecule has 122 valence electrons. The Hall–Kier alpha value is -2.33. The summed E-state index contributed by atoms with van der Waals surface area (Å²) < 4.78 is 5.96. The van der Waals surface area contributed by atoms with Gasteiger partial charge in [-0.25, -0.2) is 0 Å². The minimum Gasteiger partial charge on any atom is -0.489 e.